The number of carbonyl (C=O) groups is 1. The molecule has 0 radical (unpaired) electrons. The van der Waals surface area contributed by atoms with E-state index in [9.17, 15) is 4.79 Å². The molecule has 3 N–H and O–H groups in total. The molecule has 0 aliphatic carbocycles. The van der Waals surface area contributed by atoms with Crippen LogP contribution in [0.15, 0.2) is 47.2 Å². The van der Waals surface area contributed by atoms with Crippen molar-refractivity contribution in [2.24, 2.45) is 0 Å². The van der Waals surface area contributed by atoms with Crippen LogP contribution in [0.1, 0.15) is 21.7 Å². The second kappa shape index (κ2) is 8.73. The Morgan fingerprint density at radius 2 is 2.00 bits per heavy atom. The fourth-order valence-electron chi connectivity index (χ4n) is 3.36. The maximum absolute atomic E-state index is 12.4. The number of carbonyl (C=O) groups excluding carboxylic acids is 1. The minimum Gasteiger partial charge on any atom is -0.432 e. The monoisotopic (exact) mass is 411 g/mol. The number of Topliss-reactive ketones (excluding diaryl/α,β-unsaturated/α-hetero) is 1. The topological polar surface area (TPSA) is 97.3 Å². The molecule has 1 aliphatic heterocycles. The SMILES string of the molecule is Nc1nc(C(=O)Cc2cc(-c3ccc(CN4CCNCC4)nc3)ccc2Cl)co1. The number of ketones is 1. The molecular weight excluding hydrogens is 390 g/mol. The summed E-state index contributed by atoms with van der Waals surface area (Å²) in [6.07, 6.45) is 3.24. The van der Waals surface area contributed by atoms with Gasteiger partial charge in [-0.3, -0.25) is 14.7 Å². The third kappa shape index (κ3) is 4.82. The van der Waals surface area contributed by atoms with Gasteiger partial charge in [-0.2, -0.15) is 4.98 Å². The molecule has 2 aromatic heterocycles. The lowest BCUT2D eigenvalue weighted by Crippen LogP contribution is -2.43. The predicted molar refractivity (Wildman–Crippen MR) is 112 cm³/mol. The van der Waals surface area contributed by atoms with Crippen molar-refractivity contribution in [2.75, 3.05) is 31.9 Å². The number of nitrogen functional groups attached to an aromatic ring is 1. The summed E-state index contributed by atoms with van der Waals surface area (Å²) < 4.78 is 4.91. The number of oxazole rings is 1. The summed E-state index contributed by atoms with van der Waals surface area (Å²) >= 11 is 6.31. The molecule has 0 unspecified atom stereocenters. The molecular formula is C21H22ClN5O2. The molecule has 3 aromatic rings. The molecule has 1 fully saturated rings. The van der Waals surface area contributed by atoms with Gasteiger partial charge in [0.25, 0.3) is 6.01 Å². The van der Waals surface area contributed by atoms with Gasteiger partial charge in [-0.25, -0.2) is 0 Å². The third-order valence-corrected chi connectivity index (χ3v) is 5.33. The lowest BCUT2D eigenvalue weighted by molar-refractivity contribution is 0.0988. The minimum atomic E-state index is -0.200. The van der Waals surface area contributed by atoms with Crippen LogP contribution in [0.3, 0.4) is 0 Å². The molecule has 4 rings (SSSR count). The molecule has 1 aliphatic rings. The van der Waals surface area contributed by atoms with E-state index in [0.717, 1.165) is 55.1 Å². The molecule has 7 nitrogen and oxygen atoms in total. The van der Waals surface area contributed by atoms with Crippen molar-refractivity contribution in [3.8, 4) is 11.1 Å². The summed E-state index contributed by atoms with van der Waals surface area (Å²) in [6.45, 7) is 4.96. The van der Waals surface area contributed by atoms with E-state index in [2.05, 4.69) is 32.3 Å². The van der Waals surface area contributed by atoms with E-state index in [0.29, 0.717) is 5.02 Å². The average Bonchev–Trinajstić information content (AvgIpc) is 3.18. The van der Waals surface area contributed by atoms with Crippen molar-refractivity contribution < 1.29 is 9.21 Å². The number of anilines is 1. The first-order chi connectivity index (χ1) is 14.1. The van der Waals surface area contributed by atoms with Gasteiger partial charge in [-0.15, -0.1) is 0 Å². The maximum atomic E-state index is 12.4. The van der Waals surface area contributed by atoms with E-state index in [4.69, 9.17) is 21.8 Å². The van der Waals surface area contributed by atoms with Crippen LogP contribution in [0.4, 0.5) is 6.01 Å². The number of benzene rings is 1. The van der Waals surface area contributed by atoms with Crippen LogP contribution in [-0.2, 0) is 13.0 Å². The lowest BCUT2D eigenvalue weighted by atomic mass is 10.0. The summed E-state index contributed by atoms with van der Waals surface area (Å²) in [5, 5.41) is 3.88. The van der Waals surface area contributed by atoms with Gasteiger partial charge in [-0.05, 0) is 29.3 Å². The highest BCUT2D eigenvalue weighted by Crippen LogP contribution is 2.26. The first-order valence-corrected chi connectivity index (χ1v) is 9.87. The first-order valence-electron chi connectivity index (χ1n) is 9.49. The number of nitrogens with one attached hydrogen (secondary N) is 1. The Morgan fingerprint density at radius 1 is 1.21 bits per heavy atom. The van der Waals surface area contributed by atoms with Gasteiger partial charge >= 0.3 is 0 Å². The van der Waals surface area contributed by atoms with Crippen LogP contribution >= 0.6 is 11.6 Å². The fourth-order valence-corrected chi connectivity index (χ4v) is 3.54. The number of rotatable bonds is 6. The van der Waals surface area contributed by atoms with Gasteiger partial charge in [0.15, 0.2) is 5.78 Å². The maximum Gasteiger partial charge on any atom is 0.292 e. The van der Waals surface area contributed by atoms with Crippen molar-refractivity contribution >= 4 is 23.4 Å². The molecule has 0 bridgehead atoms. The highest BCUT2D eigenvalue weighted by Gasteiger charge is 2.15. The second-order valence-corrected chi connectivity index (χ2v) is 7.45. The number of aromatic nitrogens is 2. The smallest absolute Gasteiger partial charge is 0.292 e. The number of hydrogen-bond acceptors (Lipinski definition) is 7. The molecule has 8 heteroatoms. The highest BCUT2D eigenvalue weighted by molar-refractivity contribution is 6.31. The van der Waals surface area contributed by atoms with Crippen molar-refractivity contribution in [1.29, 1.82) is 0 Å². The molecule has 0 saturated carbocycles. The number of nitrogens with zero attached hydrogens (tertiary/aromatic N) is 3. The summed E-state index contributed by atoms with van der Waals surface area (Å²) in [6, 6.07) is 9.71. The summed E-state index contributed by atoms with van der Waals surface area (Å²) in [7, 11) is 0. The standard InChI is InChI=1S/C21H22ClN5O2/c22-18-4-2-14(9-16(18)10-20(28)19-13-29-21(23)26-19)15-1-3-17(25-11-15)12-27-7-5-24-6-8-27/h1-4,9,11,13,24H,5-8,10,12H2,(H2,23,26). The Morgan fingerprint density at radius 3 is 2.69 bits per heavy atom. The number of piperazine rings is 1. The van der Waals surface area contributed by atoms with Crippen LogP contribution in [0, 0.1) is 0 Å². The van der Waals surface area contributed by atoms with E-state index < -0.39 is 0 Å². The van der Waals surface area contributed by atoms with Crippen molar-refractivity contribution in [1.82, 2.24) is 20.2 Å². The van der Waals surface area contributed by atoms with Crippen molar-refractivity contribution in [3.05, 3.63) is 64.8 Å². The summed E-state index contributed by atoms with van der Waals surface area (Å²) in [5.41, 5.74) is 9.34. The van der Waals surface area contributed by atoms with Crippen LogP contribution in [0.25, 0.3) is 11.1 Å². The number of hydrogen-bond donors (Lipinski definition) is 2. The summed E-state index contributed by atoms with van der Waals surface area (Å²) in [4.78, 5) is 23.3. The zero-order chi connectivity index (χ0) is 20.2. The number of halogens is 1. The lowest BCUT2D eigenvalue weighted by Gasteiger charge is -2.26. The Labute approximate surface area is 173 Å². The van der Waals surface area contributed by atoms with Crippen LogP contribution in [-0.4, -0.2) is 46.8 Å². The molecule has 1 aromatic carbocycles. The first kappa shape index (κ1) is 19.6. The van der Waals surface area contributed by atoms with Gasteiger partial charge in [0.05, 0.1) is 5.69 Å². The molecule has 29 heavy (non-hydrogen) atoms. The van der Waals surface area contributed by atoms with Crippen LogP contribution in [0.2, 0.25) is 5.02 Å². The van der Waals surface area contributed by atoms with Gasteiger partial charge in [0.1, 0.15) is 12.0 Å². The number of pyridine rings is 1. The van der Waals surface area contributed by atoms with Crippen molar-refractivity contribution in [3.63, 3.8) is 0 Å². The molecule has 0 amide bonds. The number of nitrogens with two attached hydrogens (primary N) is 1. The van der Waals surface area contributed by atoms with E-state index in [1.807, 2.05) is 18.3 Å². The van der Waals surface area contributed by atoms with Crippen molar-refractivity contribution in [2.45, 2.75) is 13.0 Å². The van der Waals surface area contributed by atoms with E-state index >= 15 is 0 Å². The zero-order valence-electron chi connectivity index (χ0n) is 15.9. The highest BCUT2D eigenvalue weighted by atomic mass is 35.5. The Bertz CT molecular complexity index is 997. The van der Waals surface area contributed by atoms with Gasteiger partial charge in [0.2, 0.25) is 0 Å². The average molecular weight is 412 g/mol. The Hall–Kier alpha value is -2.74. The van der Waals surface area contributed by atoms with Crippen LogP contribution in [0.5, 0.6) is 0 Å². The quantitative estimate of drug-likeness (QED) is 0.602. The van der Waals surface area contributed by atoms with Gasteiger partial charge < -0.3 is 15.5 Å². The third-order valence-electron chi connectivity index (χ3n) is 4.96. The van der Waals surface area contributed by atoms with E-state index in [1.165, 1.54) is 6.26 Å². The Balaban J connectivity index is 1.48. The Kier molecular flexibility index (Phi) is 5.89. The summed E-state index contributed by atoms with van der Waals surface area (Å²) in [5.74, 6) is -0.200. The van der Waals surface area contributed by atoms with Gasteiger partial charge in [-0.1, -0.05) is 23.7 Å². The minimum absolute atomic E-state index is 0.0276. The predicted octanol–water partition coefficient (Wildman–Crippen LogP) is 2.80. The van der Waals surface area contributed by atoms with Crippen LogP contribution < -0.4 is 11.1 Å². The van der Waals surface area contributed by atoms with Gasteiger partial charge in [0, 0.05) is 55.9 Å². The fraction of sp³-hybridized carbons (Fsp3) is 0.286. The largest absolute Gasteiger partial charge is 0.432 e. The molecule has 1 saturated heterocycles. The molecule has 3 heterocycles. The zero-order valence-corrected chi connectivity index (χ0v) is 16.7. The molecule has 0 spiro atoms. The molecule has 150 valence electrons. The molecule has 0 atom stereocenters. The van der Waals surface area contributed by atoms with E-state index in [1.54, 1.807) is 6.07 Å². The normalized spacial score (nSPS) is 14.8. The van der Waals surface area contributed by atoms with E-state index in [-0.39, 0.29) is 23.9 Å². The second-order valence-electron chi connectivity index (χ2n) is 7.04.